The lowest BCUT2D eigenvalue weighted by Gasteiger charge is -2.05. The van der Waals surface area contributed by atoms with Crippen LogP contribution in [-0.2, 0) is 0 Å². The van der Waals surface area contributed by atoms with Gasteiger partial charge in [0.25, 0.3) is 0 Å². The minimum absolute atomic E-state index is 0.687. The Morgan fingerprint density at radius 3 is 2.64 bits per heavy atom. The summed E-state index contributed by atoms with van der Waals surface area (Å²) >= 11 is 5.76. The van der Waals surface area contributed by atoms with E-state index in [-0.39, 0.29) is 0 Å². The lowest BCUT2D eigenvalue weighted by molar-refractivity contribution is 0.186. The molecule has 1 aromatic carbocycles. The third kappa shape index (κ3) is 1.93. The molecular weight excluding hydrogens is 162 g/mol. The first-order valence-corrected chi connectivity index (χ1v) is 3.69. The van der Waals surface area contributed by atoms with Gasteiger partial charge in [0.15, 0.2) is 0 Å². The zero-order valence-corrected chi connectivity index (χ0v) is 6.97. The summed E-state index contributed by atoms with van der Waals surface area (Å²) in [6.07, 6.45) is -0.911. The van der Waals surface area contributed by atoms with Gasteiger partial charge in [-0.05, 0) is 24.1 Å². The number of rotatable bonds is 1. The molecule has 3 heteroatoms. The Morgan fingerprint density at radius 1 is 1.55 bits per heavy atom. The molecule has 60 valence electrons. The molecule has 1 aromatic rings. The predicted molar refractivity (Wildman–Crippen MR) is 45.3 cm³/mol. The Morgan fingerprint density at radius 2 is 2.18 bits per heavy atom. The molecule has 0 amide bonds. The highest BCUT2D eigenvalue weighted by atomic mass is 35.5. The number of aliphatic hydroxyl groups excluding tert-OH is 1. The van der Waals surface area contributed by atoms with E-state index in [9.17, 15) is 0 Å². The van der Waals surface area contributed by atoms with E-state index in [1.807, 2.05) is 6.92 Å². The Balaban J connectivity index is 3.05. The zero-order chi connectivity index (χ0) is 8.43. The van der Waals surface area contributed by atoms with Crippen LogP contribution in [0.25, 0.3) is 0 Å². The Bertz CT molecular complexity index is 260. The summed E-state index contributed by atoms with van der Waals surface area (Å²) in [5, 5.41) is 9.66. The fraction of sp³-hybridized carbons (Fsp3) is 0.250. The van der Waals surface area contributed by atoms with Crippen molar-refractivity contribution < 1.29 is 5.11 Å². The van der Waals surface area contributed by atoms with Gasteiger partial charge in [0, 0.05) is 5.02 Å². The van der Waals surface area contributed by atoms with Crippen molar-refractivity contribution in [3.05, 3.63) is 34.3 Å². The summed E-state index contributed by atoms with van der Waals surface area (Å²) in [6, 6.07) is 5.20. The minimum atomic E-state index is -0.911. The molecule has 0 spiro atoms. The van der Waals surface area contributed by atoms with Crippen LogP contribution in [0.4, 0.5) is 0 Å². The molecule has 3 N–H and O–H groups in total. The average Bonchev–Trinajstić information content (AvgIpc) is 1.94. The van der Waals surface area contributed by atoms with Gasteiger partial charge in [0.1, 0.15) is 6.23 Å². The summed E-state index contributed by atoms with van der Waals surface area (Å²) in [5.74, 6) is 0. The monoisotopic (exact) mass is 171 g/mol. The van der Waals surface area contributed by atoms with Crippen molar-refractivity contribution in [3.63, 3.8) is 0 Å². The van der Waals surface area contributed by atoms with Crippen LogP contribution in [0.3, 0.4) is 0 Å². The van der Waals surface area contributed by atoms with Crippen molar-refractivity contribution in [2.45, 2.75) is 13.2 Å². The van der Waals surface area contributed by atoms with Crippen molar-refractivity contribution in [3.8, 4) is 0 Å². The maximum absolute atomic E-state index is 8.97. The molecule has 2 nitrogen and oxygen atoms in total. The summed E-state index contributed by atoms with van der Waals surface area (Å²) in [4.78, 5) is 0. The van der Waals surface area contributed by atoms with Gasteiger partial charge in [-0.25, -0.2) is 0 Å². The number of benzene rings is 1. The normalized spacial score (nSPS) is 13.1. The van der Waals surface area contributed by atoms with Crippen LogP contribution >= 0.6 is 11.6 Å². The zero-order valence-electron chi connectivity index (χ0n) is 6.21. The Hall–Kier alpha value is -0.570. The molecule has 0 fully saturated rings. The van der Waals surface area contributed by atoms with Crippen LogP contribution in [0.2, 0.25) is 5.02 Å². The summed E-state index contributed by atoms with van der Waals surface area (Å²) in [5.41, 5.74) is 6.86. The number of nitrogens with two attached hydrogens (primary N) is 1. The SMILES string of the molecule is Cc1cc(C(N)O)ccc1Cl. The smallest absolute Gasteiger partial charge is 0.128 e. The lowest BCUT2D eigenvalue weighted by Crippen LogP contribution is -2.08. The van der Waals surface area contributed by atoms with Gasteiger partial charge < -0.3 is 10.8 Å². The van der Waals surface area contributed by atoms with Crippen LogP contribution in [0, 0.1) is 6.92 Å². The second kappa shape index (κ2) is 3.22. The van der Waals surface area contributed by atoms with E-state index in [1.54, 1.807) is 18.2 Å². The molecule has 0 radical (unpaired) electrons. The van der Waals surface area contributed by atoms with E-state index in [4.69, 9.17) is 22.4 Å². The minimum Gasteiger partial charge on any atom is -0.375 e. The van der Waals surface area contributed by atoms with E-state index in [0.717, 1.165) is 5.56 Å². The first-order chi connectivity index (χ1) is 5.11. The molecule has 11 heavy (non-hydrogen) atoms. The van der Waals surface area contributed by atoms with Crippen molar-refractivity contribution in [1.82, 2.24) is 0 Å². The van der Waals surface area contributed by atoms with Crippen LogP contribution < -0.4 is 5.73 Å². The van der Waals surface area contributed by atoms with Crippen LogP contribution in [-0.4, -0.2) is 5.11 Å². The van der Waals surface area contributed by atoms with Gasteiger partial charge in [-0.2, -0.15) is 0 Å². The van der Waals surface area contributed by atoms with Gasteiger partial charge in [0.2, 0.25) is 0 Å². The second-order valence-electron chi connectivity index (χ2n) is 2.45. The third-order valence-corrected chi connectivity index (χ3v) is 1.95. The van der Waals surface area contributed by atoms with Gasteiger partial charge in [0.05, 0.1) is 0 Å². The van der Waals surface area contributed by atoms with Crippen LogP contribution in [0.1, 0.15) is 17.4 Å². The maximum Gasteiger partial charge on any atom is 0.128 e. The highest BCUT2D eigenvalue weighted by Gasteiger charge is 2.01. The molecule has 0 saturated carbocycles. The molecule has 0 saturated heterocycles. The van der Waals surface area contributed by atoms with Crippen LogP contribution in [0.5, 0.6) is 0 Å². The fourth-order valence-corrected chi connectivity index (χ4v) is 0.969. The lowest BCUT2D eigenvalue weighted by atomic mass is 10.1. The molecule has 0 bridgehead atoms. The van der Waals surface area contributed by atoms with Gasteiger partial charge in [-0.15, -0.1) is 0 Å². The van der Waals surface area contributed by atoms with Gasteiger partial charge >= 0.3 is 0 Å². The van der Waals surface area contributed by atoms with Crippen molar-refractivity contribution in [2.75, 3.05) is 0 Å². The van der Waals surface area contributed by atoms with E-state index < -0.39 is 6.23 Å². The van der Waals surface area contributed by atoms with E-state index in [2.05, 4.69) is 0 Å². The van der Waals surface area contributed by atoms with Crippen molar-refractivity contribution in [2.24, 2.45) is 5.73 Å². The number of hydrogen-bond acceptors (Lipinski definition) is 2. The van der Waals surface area contributed by atoms with Crippen molar-refractivity contribution >= 4 is 11.6 Å². The number of hydrogen-bond donors (Lipinski definition) is 2. The topological polar surface area (TPSA) is 46.2 Å². The largest absolute Gasteiger partial charge is 0.375 e. The molecule has 0 heterocycles. The first kappa shape index (κ1) is 8.53. The molecule has 0 aliphatic rings. The maximum atomic E-state index is 8.97. The molecule has 0 aromatic heterocycles. The van der Waals surface area contributed by atoms with Gasteiger partial charge in [-0.1, -0.05) is 23.7 Å². The quantitative estimate of drug-likeness (QED) is 0.631. The van der Waals surface area contributed by atoms with Gasteiger partial charge in [-0.3, -0.25) is 0 Å². The molecule has 1 rings (SSSR count). The average molecular weight is 172 g/mol. The summed E-state index contributed by atoms with van der Waals surface area (Å²) in [6.45, 7) is 1.87. The van der Waals surface area contributed by atoms with Crippen LogP contribution in [0.15, 0.2) is 18.2 Å². The van der Waals surface area contributed by atoms with E-state index in [1.165, 1.54) is 0 Å². The third-order valence-electron chi connectivity index (χ3n) is 1.52. The summed E-state index contributed by atoms with van der Waals surface area (Å²) in [7, 11) is 0. The standard InChI is InChI=1S/C8H10ClNO/c1-5-4-6(8(10)11)2-3-7(5)9/h2-4,8,11H,10H2,1H3. The Labute approximate surface area is 70.6 Å². The fourth-order valence-electron chi connectivity index (χ4n) is 0.852. The molecule has 0 aliphatic carbocycles. The first-order valence-electron chi connectivity index (χ1n) is 3.31. The molecule has 0 aliphatic heterocycles. The van der Waals surface area contributed by atoms with E-state index >= 15 is 0 Å². The Kier molecular flexibility index (Phi) is 2.49. The molecular formula is C8H10ClNO. The number of aryl methyl sites for hydroxylation is 1. The highest BCUT2D eigenvalue weighted by molar-refractivity contribution is 6.31. The molecule has 1 unspecified atom stereocenters. The molecule has 1 atom stereocenters. The number of aliphatic hydroxyl groups is 1. The van der Waals surface area contributed by atoms with E-state index in [0.29, 0.717) is 10.6 Å². The number of halogens is 1. The predicted octanol–water partition coefficient (Wildman–Crippen LogP) is 1.60. The highest BCUT2D eigenvalue weighted by Crippen LogP contribution is 2.18. The summed E-state index contributed by atoms with van der Waals surface area (Å²) < 4.78 is 0. The van der Waals surface area contributed by atoms with Crippen molar-refractivity contribution in [1.29, 1.82) is 0 Å². The second-order valence-corrected chi connectivity index (χ2v) is 2.86.